The molecule has 106 valence electrons. The van der Waals surface area contributed by atoms with Gasteiger partial charge in [-0.2, -0.15) is 0 Å². The van der Waals surface area contributed by atoms with Gasteiger partial charge in [-0.15, -0.1) is 5.10 Å². The van der Waals surface area contributed by atoms with Crippen molar-refractivity contribution in [1.29, 1.82) is 0 Å². The molecule has 0 aliphatic carbocycles. The fraction of sp³-hybridized carbons (Fsp3) is 0.0667. The molecule has 0 saturated heterocycles. The van der Waals surface area contributed by atoms with Crippen LogP contribution in [0.1, 0.15) is 5.56 Å². The van der Waals surface area contributed by atoms with Crippen LogP contribution in [0.3, 0.4) is 0 Å². The highest BCUT2D eigenvalue weighted by molar-refractivity contribution is 7.98. The van der Waals surface area contributed by atoms with E-state index in [-0.39, 0.29) is 5.82 Å². The summed E-state index contributed by atoms with van der Waals surface area (Å²) in [6.45, 7) is 0. The maximum absolute atomic E-state index is 13.7. The molecule has 0 radical (unpaired) electrons. The van der Waals surface area contributed by atoms with Crippen molar-refractivity contribution >= 4 is 23.4 Å². The lowest BCUT2D eigenvalue weighted by Gasteiger charge is -2.03. The zero-order chi connectivity index (χ0) is 14.7. The van der Waals surface area contributed by atoms with Gasteiger partial charge in [0.1, 0.15) is 5.82 Å². The molecule has 0 saturated carbocycles. The molecule has 3 aromatic rings. The van der Waals surface area contributed by atoms with Crippen molar-refractivity contribution < 1.29 is 4.39 Å². The summed E-state index contributed by atoms with van der Waals surface area (Å²) in [6.07, 6.45) is 0. The Bertz CT molecular complexity index is 725. The molecular weight excluding hydrogens is 309 g/mol. The van der Waals surface area contributed by atoms with E-state index in [0.29, 0.717) is 27.3 Å². The minimum absolute atomic E-state index is 0.311. The number of hydrogen-bond acceptors (Lipinski definition) is 3. The van der Waals surface area contributed by atoms with Gasteiger partial charge in [0.15, 0.2) is 5.82 Å². The number of H-pyrrole nitrogens is 1. The van der Waals surface area contributed by atoms with E-state index in [4.69, 9.17) is 11.6 Å². The van der Waals surface area contributed by atoms with Crippen molar-refractivity contribution in [3.63, 3.8) is 0 Å². The Balaban J connectivity index is 1.74. The van der Waals surface area contributed by atoms with Gasteiger partial charge >= 0.3 is 0 Å². The van der Waals surface area contributed by atoms with Crippen molar-refractivity contribution in [1.82, 2.24) is 15.2 Å². The summed E-state index contributed by atoms with van der Waals surface area (Å²) >= 11 is 7.33. The Hall–Kier alpha value is -1.85. The monoisotopic (exact) mass is 319 g/mol. The van der Waals surface area contributed by atoms with Crippen molar-refractivity contribution in [3.05, 3.63) is 64.9 Å². The minimum Gasteiger partial charge on any atom is -0.258 e. The molecule has 0 aliphatic rings. The van der Waals surface area contributed by atoms with Gasteiger partial charge < -0.3 is 0 Å². The van der Waals surface area contributed by atoms with Crippen LogP contribution in [0.2, 0.25) is 5.02 Å². The highest BCUT2D eigenvalue weighted by Gasteiger charge is 2.10. The summed E-state index contributed by atoms with van der Waals surface area (Å²) in [5.74, 6) is 0.768. The largest absolute Gasteiger partial charge is 0.258 e. The van der Waals surface area contributed by atoms with Crippen LogP contribution in [-0.2, 0) is 5.75 Å². The third-order valence-corrected chi connectivity index (χ3v) is 4.15. The summed E-state index contributed by atoms with van der Waals surface area (Å²) < 4.78 is 13.7. The van der Waals surface area contributed by atoms with Crippen molar-refractivity contribution in [2.45, 2.75) is 10.9 Å². The Morgan fingerprint density at radius 1 is 1.10 bits per heavy atom. The molecule has 6 heteroatoms. The Labute approximate surface area is 130 Å². The van der Waals surface area contributed by atoms with Crippen LogP contribution in [0.15, 0.2) is 53.7 Å². The predicted molar refractivity (Wildman–Crippen MR) is 82.8 cm³/mol. The summed E-state index contributed by atoms with van der Waals surface area (Å²) in [7, 11) is 0. The molecule has 1 heterocycles. The second-order valence-corrected chi connectivity index (χ2v) is 5.67. The molecule has 0 amide bonds. The second kappa shape index (κ2) is 6.28. The lowest BCUT2D eigenvalue weighted by molar-refractivity contribution is 0.617. The molecule has 21 heavy (non-hydrogen) atoms. The lowest BCUT2D eigenvalue weighted by Crippen LogP contribution is -1.89. The maximum Gasteiger partial charge on any atom is 0.209 e. The number of nitrogens with one attached hydrogen (secondary N) is 1. The van der Waals surface area contributed by atoms with E-state index in [0.717, 1.165) is 5.56 Å². The topological polar surface area (TPSA) is 41.6 Å². The summed E-state index contributed by atoms with van der Waals surface area (Å²) in [6, 6.07) is 14.4. The summed E-state index contributed by atoms with van der Waals surface area (Å²) in [5.41, 5.74) is 1.43. The predicted octanol–water partition coefficient (Wildman–Crippen LogP) is 4.56. The number of halogens is 2. The first-order valence-electron chi connectivity index (χ1n) is 6.27. The lowest BCUT2D eigenvalue weighted by atomic mass is 10.2. The van der Waals surface area contributed by atoms with E-state index in [1.54, 1.807) is 12.1 Å². The molecule has 0 fully saturated rings. The van der Waals surface area contributed by atoms with Crippen molar-refractivity contribution in [2.75, 3.05) is 0 Å². The van der Waals surface area contributed by atoms with Crippen molar-refractivity contribution in [2.24, 2.45) is 0 Å². The van der Waals surface area contributed by atoms with E-state index in [1.807, 2.05) is 30.3 Å². The van der Waals surface area contributed by atoms with Crippen LogP contribution < -0.4 is 0 Å². The van der Waals surface area contributed by atoms with Crippen molar-refractivity contribution in [3.8, 4) is 11.4 Å². The highest BCUT2D eigenvalue weighted by atomic mass is 35.5. The van der Waals surface area contributed by atoms with E-state index in [9.17, 15) is 4.39 Å². The Morgan fingerprint density at radius 2 is 1.90 bits per heavy atom. The Morgan fingerprint density at radius 3 is 2.67 bits per heavy atom. The zero-order valence-electron chi connectivity index (χ0n) is 10.9. The molecular formula is C15H11ClFN3S. The molecule has 0 spiro atoms. The average Bonchev–Trinajstić information content (AvgIpc) is 2.97. The quantitative estimate of drug-likeness (QED) is 0.717. The van der Waals surface area contributed by atoms with Gasteiger partial charge in [0.05, 0.1) is 0 Å². The first kappa shape index (κ1) is 14.1. The summed E-state index contributed by atoms with van der Waals surface area (Å²) in [5, 5.41) is 7.99. The standard InChI is InChI=1S/C15H11ClFN3S/c16-12-7-4-8-13(17)11(12)9-21-15-18-14(19-20-15)10-5-2-1-3-6-10/h1-8H,9H2,(H,18,19,20). The SMILES string of the molecule is Fc1cccc(Cl)c1CSc1n[nH]c(-c2ccccc2)n1. The second-order valence-electron chi connectivity index (χ2n) is 4.32. The third kappa shape index (κ3) is 3.25. The van der Waals surface area contributed by atoms with Gasteiger partial charge in [0.2, 0.25) is 5.16 Å². The molecule has 0 aliphatic heterocycles. The van der Waals surface area contributed by atoms with E-state index in [2.05, 4.69) is 15.2 Å². The smallest absolute Gasteiger partial charge is 0.209 e. The first-order valence-corrected chi connectivity index (χ1v) is 7.64. The van der Waals surface area contributed by atoms with Gasteiger partial charge in [-0.1, -0.05) is 59.8 Å². The first-order chi connectivity index (χ1) is 10.2. The fourth-order valence-electron chi connectivity index (χ4n) is 1.84. The zero-order valence-corrected chi connectivity index (χ0v) is 12.5. The van der Waals surface area contributed by atoms with Crippen LogP contribution in [0.25, 0.3) is 11.4 Å². The maximum atomic E-state index is 13.7. The Kier molecular flexibility index (Phi) is 4.22. The van der Waals surface area contributed by atoms with E-state index in [1.165, 1.54) is 17.8 Å². The van der Waals surface area contributed by atoms with Crippen LogP contribution in [-0.4, -0.2) is 15.2 Å². The van der Waals surface area contributed by atoms with Gasteiger partial charge in [0, 0.05) is 21.9 Å². The minimum atomic E-state index is -0.311. The number of thioether (sulfide) groups is 1. The van der Waals surface area contributed by atoms with Crippen LogP contribution in [0.5, 0.6) is 0 Å². The molecule has 3 rings (SSSR count). The molecule has 0 atom stereocenters. The van der Waals surface area contributed by atoms with Crippen LogP contribution in [0, 0.1) is 5.82 Å². The third-order valence-electron chi connectivity index (χ3n) is 2.92. The van der Waals surface area contributed by atoms with Crippen LogP contribution >= 0.6 is 23.4 Å². The number of aromatic nitrogens is 3. The fourth-order valence-corrected chi connectivity index (χ4v) is 2.98. The number of aromatic amines is 1. The number of hydrogen-bond donors (Lipinski definition) is 1. The number of benzene rings is 2. The number of rotatable bonds is 4. The van der Waals surface area contributed by atoms with Gasteiger partial charge in [0.25, 0.3) is 0 Å². The van der Waals surface area contributed by atoms with Gasteiger partial charge in [-0.25, -0.2) is 9.37 Å². The molecule has 1 aromatic heterocycles. The summed E-state index contributed by atoms with van der Waals surface area (Å²) in [4.78, 5) is 4.39. The normalized spacial score (nSPS) is 10.8. The average molecular weight is 320 g/mol. The molecule has 0 bridgehead atoms. The highest BCUT2D eigenvalue weighted by Crippen LogP contribution is 2.27. The number of nitrogens with zero attached hydrogens (tertiary/aromatic N) is 2. The molecule has 1 N–H and O–H groups in total. The molecule has 2 aromatic carbocycles. The van der Waals surface area contributed by atoms with Gasteiger partial charge in [-0.05, 0) is 12.1 Å². The molecule has 3 nitrogen and oxygen atoms in total. The van der Waals surface area contributed by atoms with Gasteiger partial charge in [-0.3, -0.25) is 5.10 Å². The van der Waals surface area contributed by atoms with E-state index >= 15 is 0 Å². The van der Waals surface area contributed by atoms with Crippen LogP contribution in [0.4, 0.5) is 4.39 Å². The van der Waals surface area contributed by atoms with E-state index < -0.39 is 0 Å². The molecule has 0 unspecified atom stereocenters.